The zero-order valence-electron chi connectivity index (χ0n) is 12.4. The number of thiazole rings is 1. The summed E-state index contributed by atoms with van der Waals surface area (Å²) in [5.74, 6) is 1.63. The molecule has 1 aromatic rings. The van der Waals surface area contributed by atoms with Gasteiger partial charge in [0.25, 0.3) is 0 Å². The van der Waals surface area contributed by atoms with E-state index >= 15 is 0 Å². The van der Waals surface area contributed by atoms with Crippen molar-refractivity contribution in [3.63, 3.8) is 0 Å². The number of nitrogens with zero attached hydrogens (tertiary/aromatic N) is 2. The number of hydrogen-bond donors (Lipinski definition) is 2. The van der Waals surface area contributed by atoms with Crippen LogP contribution in [0.25, 0.3) is 0 Å². The summed E-state index contributed by atoms with van der Waals surface area (Å²) in [6, 6.07) is 0. The van der Waals surface area contributed by atoms with Crippen molar-refractivity contribution in [3.8, 4) is 0 Å². The Kier molecular flexibility index (Phi) is 6.05. The second-order valence-electron chi connectivity index (χ2n) is 5.14. The Morgan fingerprint density at radius 1 is 1.45 bits per heavy atom. The van der Waals surface area contributed by atoms with Gasteiger partial charge in [-0.25, -0.2) is 4.98 Å². The molecule has 0 spiro atoms. The summed E-state index contributed by atoms with van der Waals surface area (Å²) in [5.41, 5.74) is 1.16. The predicted molar refractivity (Wildman–Crippen MR) is 86.4 cm³/mol. The molecule has 20 heavy (non-hydrogen) atoms. The minimum atomic E-state index is 0.736. The number of nitrogens with one attached hydrogen (secondary N) is 2. The van der Waals surface area contributed by atoms with Crippen LogP contribution in [0.5, 0.6) is 0 Å². The summed E-state index contributed by atoms with van der Waals surface area (Å²) in [4.78, 5) is 8.73. The van der Waals surface area contributed by atoms with Gasteiger partial charge in [0, 0.05) is 31.9 Å². The van der Waals surface area contributed by atoms with E-state index in [-0.39, 0.29) is 0 Å². The minimum absolute atomic E-state index is 0.736. The third-order valence-corrected chi connectivity index (χ3v) is 4.32. The standard InChI is InChI=1S/C15H24N4S/c1-12-19-14(11-20-12)8-9-17-15(16-2)18-10-13-6-4-3-5-7-13/h3-4,11,13H,5-10H2,1-2H3,(H2,16,17,18). The van der Waals surface area contributed by atoms with Crippen molar-refractivity contribution >= 4 is 17.3 Å². The van der Waals surface area contributed by atoms with Gasteiger partial charge >= 0.3 is 0 Å². The van der Waals surface area contributed by atoms with E-state index in [0.717, 1.165) is 42.1 Å². The van der Waals surface area contributed by atoms with Gasteiger partial charge in [0.2, 0.25) is 0 Å². The van der Waals surface area contributed by atoms with Crippen molar-refractivity contribution in [3.05, 3.63) is 28.2 Å². The smallest absolute Gasteiger partial charge is 0.190 e. The molecule has 1 aliphatic rings. The highest BCUT2D eigenvalue weighted by molar-refractivity contribution is 7.09. The van der Waals surface area contributed by atoms with E-state index in [1.165, 1.54) is 19.3 Å². The molecule has 0 aromatic carbocycles. The topological polar surface area (TPSA) is 49.3 Å². The Morgan fingerprint density at radius 2 is 2.35 bits per heavy atom. The van der Waals surface area contributed by atoms with Gasteiger partial charge in [-0.2, -0.15) is 0 Å². The van der Waals surface area contributed by atoms with Crippen molar-refractivity contribution in [2.24, 2.45) is 10.9 Å². The van der Waals surface area contributed by atoms with Crippen LogP contribution in [0.3, 0.4) is 0 Å². The van der Waals surface area contributed by atoms with Crippen LogP contribution in [-0.4, -0.2) is 31.1 Å². The number of hydrogen-bond acceptors (Lipinski definition) is 3. The van der Waals surface area contributed by atoms with Crippen LogP contribution in [0.2, 0.25) is 0 Å². The van der Waals surface area contributed by atoms with Crippen LogP contribution < -0.4 is 10.6 Å². The van der Waals surface area contributed by atoms with Gasteiger partial charge in [-0.3, -0.25) is 4.99 Å². The molecule has 0 fully saturated rings. The Hall–Kier alpha value is -1.36. The molecule has 0 saturated heterocycles. The second-order valence-corrected chi connectivity index (χ2v) is 6.20. The van der Waals surface area contributed by atoms with Crippen molar-refractivity contribution in [2.75, 3.05) is 20.1 Å². The molecule has 110 valence electrons. The summed E-state index contributed by atoms with van der Waals surface area (Å²) in [6.07, 6.45) is 9.18. The summed E-state index contributed by atoms with van der Waals surface area (Å²) >= 11 is 1.71. The molecule has 2 rings (SSSR count). The maximum Gasteiger partial charge on any atom is 0.190 e. The van der Waals surface area contributed by atoms with Gasteiger partial charge in [0.15, 0.2) is 5.96 Å². The Morgan fingerprint density at radius 3 is 3.00 bits per heavy atom. The first-order valence-electron chi connectivity index (χ1n) is 7.28. The average Bonchev–Trinajstić information content (AvgIpc) is 2.89. The molecule has 1 aromatic heterocycles. The zero-order valence-corrected chi connectivity index (χ0v) is 13.2. The van der Waals surface area contributed by atoms with Gasteiger partial charge in [0.05, 0.1) is 10.7 Å². The van der Waals surface area contributed by atoms with Crippen molar-refractivity contribution in [1.29, 1.82) is 0 Å². The third kappa shape index (κ3) is 4.96. The van der Waals surface area contributed by atoms with Gasteiger partial charge in [-0.05, 0) is 32.1 Å². The Balaban J connectivity index is 1.66. The first-order chi connectivity index (χ1) is 9.78. The van der Waals surface area contributed by atoms with Gasteiger partial charge < -0.3 is 10.6 Å². The summed E-state index contributed by atoms with van der Waals surface area (Å²) in [5, 5.41) is 10.0. The van der Waals surface area contributed by atoms with Crippen LogP contribution in [0.15, 0.2) is 22.5 Å². The van der Waals surface area contributed by atoms with E-state index in [1.54, 1.807) is 11.3 Å². The molecule has 1 atom stereocenters. The van der Waals surface area contributed by atoms with Crippen molar-refractivity contribution in [1.82, 2.24) is 15.6 Å². The molecule has 0 bridgehead atoms. The molecule has 1 heterocycles. The Labute approximate surface area is 125 Å². The quantitative estimate of drug-likeness (QED) is 0.498. The van der Waals surface area contributed by atoms with E-state index in [1.807, 2.05) is 14.0 Å². The van der Waals surface area contributed by atoms with Gasteiger partial charge in [-0.15, -0.1) is 11.3 Å². The number of guanidine groups is 1. The number of aryl methyl sites for hydroxylation is 1. The van der Waals surface area contributed by atoms with Crippen molar-refractivity contribution < 1.29 is 0 Å². The largest absolute Gasteiger partial charge is 0.356 e. The maximum atomic E-state index is 4.46. The molecule has 4 nitrogen and oxygen atoms in total. The predicted octanol–water partition coefficient (Wildman–Crippen LogP) is 2.52. The third-order valence-electron chi connectivity index (χ3n) is 3.50. The molecule has 2 N–H and O–H groups in total. The first-order valence-corrected chi connectivity index (χ1v) is 8.16. The van der Waals surface area contributed by atoms with Crippen LogP contribution in [0.1, 0.15) is 30.0 Å². The van der Waals surface area contributed by atoms with E-state index in [4.69, 9.17) is 0 Å². The lowest BCUT2D eigenvalue weighted by atomic mass is 9.94. The molecule has 0 radical (unpaired) electrons. The molecule has 5 heteroatoms. The SMILES string of the molecule is CN=C(NCCc1csc(C)n1)NCC1CC=CCC1. The van der Waals surface area contributed by atoms with E-state index in [0.29, 0.717) is 0 Å². The number of rotatable bonds is 5. The lowest BCUT2D eigenvalue weighted by molar-refractivity contribution is 0.470. The molecular weight excluding hydrogens is 268 g/mol. The lowest BCUT2D eigenvalue weighted by Crippen LogP contribution is -2.40. The van der Waals surface area contributed by atoms with Crippen LogP contribution in [0.4, 0.5) is 0 Å². The minimum Gasteiger partial charge on any atom is -0.356 e. The average molecular weight is 292 g/mol. The molecular formula is C15H24N4S. The zero-order chi connectivity index (χ0) is 14.2. The van der Waals surface area contributed by atoms with Gasteiger partial charge in [-0.1, -0.05) is 12.2 Å². The molecule has 1 aliphatic carbocycles. The number of aliphatic imine (C=N–C) groups is 1. The molecule has 0 aliphatic heterocycles. The summed E-state index contributed by atoms with van der Waals surface area (Å²) in [7, 11) is 1.82. The summed E-state index contributed by atoms with van der Waals surface area (Å²) < 4.78 is 0. The fraction of sp³-hybridized carbons (Fsp3) is 0.600. The monoisotopic (exact) mass is 292 g/mol. The van der Waals surface area contributed by atoms with E-state index in [9.17, 15) is 0 Å². The second kappa shape index (κ2) is 8.04. The lowest BCUT2D eigenvalue weighted by Gasteiger charge is -2.19. The van der Waals surface area contributed by atoms with E-state index in [2.05, 4.69) is 38.1 Å². The fourth-order valence-electron chi connectivity index (χ4n) is 2.34. The van der Waals surface area contributed by atoms with Gasteiger partial charge in [0.1, 0.15) is 0 Å². The highest BCUT2D eigenvalue weighted by atomic mass is 32.1. The van der Waals surface area contributed by atoms with E-state index < -0.39 is 0 Å². The number of aromatic nitrogens is 1. The highest BCUT2D eigenvalue weighted by Crippen LogP contribution is 2.16. The molecule has 1 unspecified atom stereocenters. The molecule has 0 amide bonds. The van der Waals surface area contributed by atoms with Crippen LogP contribution >= 0.6 is 11.3 Å². The first kappa shape index (κ1) is 15.0. The maximum absolute atomic E-state index is 4.46. The molecule has 0 saturated carbocycles. The highest BCUT2D eigenvalue weighted by Gasteiger charge is 2.10. The number of allylic oxidation sites excluding steroid dienone is 2. The Bertz CT molecular complexity index is 464. The van der Waals surface area contributed by atoms with Crippen LogP contribution in [0, 0.1) is 12.8 Å². The van der Waals surface area contributed by atoms with Crippen molar-refractivity contribution in [2.45, 2.75) is 32.6 Å². The summed E-state index contributed by atoms with van der Waals surface area (Å²) in [6.45, 7) is 3.91. The normalized spacial score (nSPS) is 19.1. The fourth-order valence-corrected chi connectivity index (χ4v) is 2.98. The van der Waals surface area contributed by atoms with Crippen LogP contribution in [-0.2, 0) is 6.42 Å².